The minimum atomic E-state index is -0.914. The van der Waals surface area contributed by atoms with Crippen LogP contribution in [-0.2, 0) is 0 Å². The van der Waals surface area contributed by atoms with Gasteiger partial charge in [-0.15, -0.1) is 11.3 Å². The molecule has 1 aliphatic heterocycles. The lowest BCUT2D eigenvalue weighted by Gasteiger charge is -2.31. The number of carbonyl (C=O) groups is 1. The fraction of sp³-hybridized carbons (Fsp3) is 0.148. The zero-order chi connectivity index (χ0) is 21.8. The molecule has 0 unspecified atom stereocenters. The summed E-state index contributed by atoms with van der Waals surface area (Å²) in [5.74, 6) is -0.0117. The first-order valence-corrected chi connectivity index (χ1v) is 11.0. The zero-order valence-corrected chi connectivity index (χ0v) is 18.4. The van der Waals surface area contributed by atoms with Crippen LogP contribution in [0, 0.1) is 6.92 Å². The van der Waals surface area contributed by atoms with Crippen LogP contribution < -0.4 is 4.74 Å². The van der Waals surface area contributed by atoms with Gasteiger partial charge in [-0.25, -0.2) is 4.79 Å². The molecule has 0 radical (unpaired) electrons. The maximum Gasteiger partial charge on any atom is 0.335 e. The number of thiophene rings is 1. The third kappa shape index (κ3) is 3.64. The predicted molar refractivity (Wildman–Crippen MR) is 127 cm³/mol. The van der Waals surface area contributed by atoms with Crippen molar-refractivity contribution in [2.24, 2.45) is 0 Å². The lowest BCUT2D eigenvalue weighted by molar-refractivity contribution is 0.0697. The molecule has 31 heavy (non-hydrogen) atoms. The number of hydrogen-bond donors (Lipinski definition) is 1. The minimum Gasteiger partial charge on any atom is -0.483 e. The number of carboxylic acid groups (broad SMARTS) is 1. The Morgan fingerprint density at radius 2 is 1.65 bits per heavy atom. The van der Waals surface area contributed by atoms with Crippen molar-refractivity contribution >= 4 is 33.7 Å². The molecule has 3 nitrogen and oxygen atoms in total. The van der Waals surface area contributed by atoms with Gasteiger partial charge in [-0.05, 0) is 91.2 Å². The predicted octanol–water partition coefficient (Wildman–Crippen LogP) is 7.18. The van der Waals surface area contributed by atoms with Crippen LogP contribution in [0.4, 0.5) is 0 Å². The Labute approximate surface area is 185 Å². The Kier molecular flexibility index (Phi) is 4.49. The van der Waals surface area contributed by atoms with Gasteiger partial charge in [0.15, 0.2) is 0 Å². The molecule has 4 aromatic rings. The van der Waals surface area contributed by atoms with Gasteiger partial charge in [0.1, 0.15) is 11.4 Å². The molecule has 5 rings (SSSR count). The van der Waals surface area contributed by atoms with Crippen molar-refractivity contribution < 1.29 is 14.6 Å². The summed E-state index contributed by atoms with van der Waals surface area (Å²) in [5, 5.41) is 11.4. The number of benzene rings is 3. The van der Waals surface area contributed by atoms with Crippen molar-refractivity contribution in [3.8, 4) is 16.9 Å². The van der Waals surface area contributed by atoms with Crippen molar-refractivity contribution in [3.63, 3.8) is 0 Å². The van der Waals surface area contributed by atoms with Gasteiger partial charge < -0.3 is 9.84 Å². The van der Waals surface area contributed by atoms with Crippen molar-refractivity contribution in [1.82, 2.24) is 0 Å². The van der Waals surface area contributed by atoms with Crippen LogP contribution in [0.2, 0.25) is 0 Å². The van der Waals surface area contributed by atoms with Gasteiger partial charge in [-0.1, -0.05) is 24.3 Å². The van der Waals surface area contributed by atoms with Crippen molar-refractivity contribution in [2.75, 3.05) is 0 Å². The molecule has 154 valence electrons. The van der Waals surface area contributed by atoms with Gasteiger partial charge in [0.05, 0.1) is 5.56 Å². The molecule has 0 amide bonds. The third-order valence-corrected chi connectivity index (χ3v) is 6.60. The molecule has 0 atom stereocenters. The second-order valence-corrected chi connectivity index (χ2v) is 9.75. The zero-order valence-electron chi connectivity index (χ0n) is 17.6. The molecule has 0 fully saturated rings. The Balaban J connectivity index is 1.63. The van der Waals surface area contributed by atoms with E-state index in [-0.39, 0.29) is 5.60 Å². The normalized spacial score (nSPS) is 14.6. The summed E-state index contributed by atoms with van der Waals surface area (Å²) in [6.07, 6.45) is 2.21. The van der Waals surface area contributed by atoms with Gasteiger partial charge in [0.2, 0.25) is 0 Å². The summed E-state index contributed by atoms with van der Waals surface area (Å²) in [4.78, 5) is 13.7. The molecule has 1 aromatic heterocycles. The molecule has 4 heteroatoms. The van der Waals surface area contributed by atoms with Crippen LogP contribution in [0.5, 0.6) is 5.75 Å². The Hall–Kier alpha value is -3.37. The molecule has 0 saturated heterocycles. The Morgan fingerprint density at radius 3 is 2.32 bits per heavy atom. The smallest absolute Gasteiger partial charge is 0.335 e. The van der Waals surface area contributed by atoms with E-state index in [4.69, 9.17) is 9.84 Å². The van der Waals surface area contributed by atoms with E-state index in [1.54, 1.807) is 23.5 Å². The van der Waals surface area contributed by atoms with E-state index in [9.17, 15) is 4.79 Å². The van der Waals surface area contributed by atoms with E-state index in [1.165, 1.54) is 15.3 Å². The van der Waals surface area contributed by atoms with E-state index in [1.807, 2.05) is 12.1 Å². The topological polar surface area (TPSA) is 46.5 Å². The number of aryl methyl sites for hydroxylation is 1. The molecule has 0 bridgehead atoms. The average molecular weight is 427 g/mol. The van der Waals surface area contributed by atoms with Crippen LogP contribution in [0.1, 0.15) is 39.5 Å². The highest BCUT2D eigenvalue weighted by molar-refractivity contribution is 7.13. The van der Waals surface area contributed by atoms with E-state index in [0.29, 0.717) is 5.56 Å². The molecule has 0 aliphatic carbocycles. The second-order valence-electron chi connectivity index (χ2n) is 8.47. The highest BCUT2D eigenvalue weighted by Crippen LogP contribution is 2.43. The van der Waals surface area contributed by atoms with Crippen molar-refractivity contribution in [1.29, 1.82) is 0 Å². The third-order valence-electron chi connectivity index (χ3n) is 5.56. The fourth-order valence-electron chi connectivity index (χ4n) is 4.08. The SMILES string of the molecule is Cc1ccc(C2=CC(C)(C)Oc3cc4ccc(-c5ccc(C(=O)O)cc5)cc4cc32)s1. The molecule has 1 N–H and O–H groups in total. The van der Waals surface area contributed by atoms with Crippen LogP contribution in [0.15, 0.2) is 72.8 Å². The monoisotopic (exact) mass is 426 g/mol. The molecular weight excluding hydrogens is 404 g/mol. The molecule has 3 aromatic carbocycles. The van der Waals surface area contributed by atoms with Crippen molar-refractivity contribution in [2.45, 2.75) is 26.4 Å². The maximum absolute atomic E-state index is 11.1. The number of fused-ring (bicyclic) bond motifs is 2. The number of rotatable bonds is 3. The first kappa shape index (κ1) is 19.6. The largest absolute Gasteiger partial charge is 0.483 e. The van der Waals surface area contributed by atoms with Gasteiger partial charge in [-0.2, -0.15) is 0 Å². The summed E-state index contributed by atoms with van der Waals surface area (Å²) < 4.78 is 6.31. The van der Waals surface area contributed by atoms with Crippen LogP contribution in [0.25, 0.3) is 27.5 Å². The second kappa shape index (κ2) is 7.10. The summed E-state index contributed by atoms with van der Waals surface area (Å²) in [7, 11) is 0. The van der Waals surface area contributed by atoms with Gasteiger partial charge in [-0.3, -0.25) is 0 Å². The lowest BCUT2D eigenvalue weighted by atomic mass is 9.91. The summed E-state index contributed by atoms with van der Waals surface area (Å²) in [6, 6.07) is 22.0. The summed E-state index contributed by atoms with van der Waals surface area (Å²) in [5.41, 5.74) is 4.28. The standard InChI is InChI=1S/C27H22O3S/c1-16-4-11-25(31-16)23-15-27(2,3)30-24-14-20-10-9-19(12-21(20)13-22(23)24)17-5-7-18(8-6-17)26(28)29/h4-15H,1-3H3,(H,28,29). The van der Waals surface area contributed by atoms with Crippen molar-refractivity contribution in [3.05, 3.63) is 93.7 Å². The Bertz CT molecular complexity index is 1360. The average Bonchev–Trinajstić information content (AvgIpc) is 3.17. The summed E-state index contributed by atoms with van der Waals surface area (Å²) >= 11 is 1.80. The number of aromatic carboxylic acids is 1. The molecule has 0 saturated carbocycles. The first-order valence-electron chi connectivity index (χ1n) is 10.2. The lowest BCUT2D eigenvalue weighted by Crippen LogP contribution is -2.29. The van der Waals surface area contributed by atoms with E-state index in [2.05, 4.69) is 69.3 Å². The highest BCUT2D eigenvalue weighted by Gasteiger charge is 2.28. The fourth-order valence-corrected chi connectivity index (χ4v) is 4.98. The number of carboxylic acids is 1. The first-order chi connectivity index (χ1) is 14.8. The quantitative estimate of drug-likeness (QED) is 0.377. The van der Waals surface area contributed by atoms with E-state index >= 15 is 0 Å². The van der Waals surface area contributed by atoms with Crippen LogP contribution in [-0.4, -0.2) is 16.7 Å². The Morgan fingerprint density at radius 1 is 0.903 bits per heavy atom. The van der Waals surface area contributed by atoms with E-state index in [0.717, 1.165) is 33.2 Å². The maximum atomic E-state index is 11.1. The highest BCUT2D eigenvalue weighted by atomic mass is 32.1. The molecule has 0 spiro atoms. The molecule has 1 aliphatic rings. The molecule has 2 heterocycles. The minimum absolute atomic E-state index is 0.291. The summed E-state index contributed by atoms with van der Waals surface area (Å²) in [6.45, 7) is 6.30. The van der Waals surface area contributed by atoms with Crippen LogP contribution in [0.3, 0.4) is 0 Å². The number of hydrogen-bond acceptors (Lipinski definition) is 3. The van der Waals surface area contributed by atoms with Gasteiger partial charge >= 0.3 is 5.97 Å². The molecular formula is C27H22O3S. The van der Waals surface area contributed by atoms with Gasteiger partial charge in [0, 0.05) is 20.9 Å². The number of ether oxygens (including phenoxy) is 1. The van der Waals surface area contributed by atoms with Crippen LogP contribution >= 0.6 is 11.3 Å². The van der Waals surface area contributed by atoms with E-state index < -0.39 is 5.97 Å². The van der Waals surface area contributed by atoms with Gasteiger partial charge in [0.25, 0.3) is 0 Å².